The number of carbonyl (C=O) groups is 1. The predicted molar refractivity (Wildman–Crippen MR) is 158 cm³/mol. The van der Waals surface area contributed by atoms with E-state index in [1.165, 1.54) is 11.3 Å². The maximum Gasteiger partial charge on any atom is 0.338 e. The summed E-state index contributed by atoms with van der Waals surface area (Å²) in [6.07, 6.45) is 1.82. The number of nitrogens with zero attached hydrogens (tertiary/aromatic N) is 2. The Bertz CT molecular complexity index is 1760. The first kappa shape index (κ1) is 27.6. The molecule has 204 valence electrons. The number of esters is 1. The summed E-state index contributed by atoms with van der Waals surface area (Å²) >= 11 is 4.72. The van der Waals surface area contributed by atoms with Crippen LogP contribution in [0.4, 0.5) is 0 Å². The number of fused-ring (bicyclic) bond motifs is 1. The number of hydrogen-bond donors (Lipinski definition) is 0. The summed E-state index contributed by atoms with van der Waals surface area (Å²) in [4.78, 5) is 32.1. The van der Waals surface area contributed by atoms with Gasteiger partial charge in [-0.2, -0.15) is 0 Å². The number of halogens is 1. The molecule has 1 unspecified atom stereocenters. The third-order valence-corrected chi connectivity index (χ3v) is 7.96. The summed E-state index contributed by atoms with van der Waals surface area (Å²) in [6, 6.07) is 22.2. The van der Waals surface area contributed by atoms with E-state index in [0.29, 0.717) is 38.5 Å². The van der Waals surface area contributed by atoms with Crippen LogP contribution in [0.5, 0.6) is 11.5 Å². The van der Waals surface area contributed by atoms with Crippen LogP contribution in [0.1, 0.15) is 36.6 Å². The molecule has 2 heterocycles. The van der Waals surface area contributed by atoms with Crippen molar-refractivity contribution < 1.29 is 19.0 Å². The van der Waals surface area contributed by atoms with Crippen molar-refractivity contribution in [2.75, 3.05) is 13.7 Å². The molecular weight excluding hydrogens is 592 g/mol. The molecule has 1 aliphatic heterocycles. The minimum absolute atomic E-state index is 0.210. The second kappa shape index (κ2) is 12.1. The number of allylic oxidation sites excluding steroid dienone is 1. The number of para-hydroxylation sites is 1. The topological polar surface area (TPSA) is 79.1 Å². The average Bonchev–Trinajstić information content (AvgIpc) is 3.26. The zero-order valence-electron chi connectivity index (χ0n) is 22.2. The molecule has 0 spiro atoms. The van der Waals surface area contributed by atoms with Crippen LogP contribution >= 0.6 is 27.3 Å². The summed E-state index contributed by atoms with van der Waals surface area (Å²) in [5.74, 6) is 0.789. The van der Waals surface area contributed by atoms with Gasteiger partial charge in [0.2, 0.25) is 0 Å². The zero-order chi connectivity index (χ0) is 28.2. The van der Waals surface area contributed by atoms with Gasteiger partial charge in [0.15, 0.2) is 4.80 Å². The molecule has 5 rings (SSSR count). The highest BCUT2D eigenvalue weighted by Crippen LogP contribution is 2.35. The van der Waals surface area contributed by atoms with E-state index in [1.807, 2.05) is 78.9 Å². The standard InChI is InChI=1S/C31H27BrN2O5S/c1-4-38-30(36)27-19(2)33-31-34(28(27)24-7-5-6-8-25(24)37-3)29(35)26(40-31)17-20-11-15-23(16-12-20)39-18-21-9-13-22(32)14-10-21/h5-17,28H,4,18H2,1-3H3. The Morgan fingerprint density at radius 2 is 1.80 bits per heavy atom. The lowest BCUT2D eigenvalue weighted by atomic mass is 9.95. The number of rotatable bonds is 8. The molecule has 0 radical (unpaired) electrons. The number of ether oxygens (including phenoxy) is 3. The second-order valence-corrected chi connectivity index (χ2v) is 11.0. The molecule has 1 aromatic heterocycles. The summed E-state index contributed by atoms with van der Waals surface area (Å²) < 4.78 is 20.0. The van der Waals surface area contributed by atoms with E-state index < -0.39 is 12.0 Å². The van der Waals surface area contributed by atoms with Crippen LogP contribution in [-0.2, 0) is 16.1 Å². The quantitative estimate of drug-likeness (QED) is 0.255. The molecule has 0 saturated heterocycles. The first-order valence-electron chi connectivity index (χ1n) is 12.7. The molecular formula is C31H27BrN2O5S. The van der Waals surface area contributed by atoms with Crippen LogP contribution in [0.2, 0.25) is 0 Å². The van der Waals surface area contributed by atoms with Crippen molar-refractivity contribution in [2.45, 2.75) is 26.5 Å². The number of carbonyl (C=O) groups excluding carboxylic acids is 1. The highest BCUT2D eigenvalue weighted by molar-refractivity contribution is 9.10. The third-order valence-electron chi connectivity index (χ3n) is 6.45. The van der Waals surface area contributed by atoms with Crippen molar-refractivity contribution >= 4 is 39.3 Å². The van der Waals surface area contributed by atoms with Crippen LogP contribution in [0.3, 0.4) is 0 Å². The predicted octanol–water partition coefficient (Wildman–Crippen LogP) is 5.15. The van der Waals surface area contributed by atoms with E-state index in [1.54, 1.807) is 25.5 Å². The van der Waals surface area contributed by atoms with Crippen molar-refractivity contribution in [1.29, 1.82) is 0 Å². The molecule has 4 aromatic rings. The first-order valence-corrected chi connectivity index (χ1v) is 14.3. The van der Waals surface area contributed by atoms with Crippen LogP contribution in [0, 0.1) is 0 Å². The van der Waals surface area contributed by atoms with Gasteiger partial charge in [0.05, 0.1) is 29.5 Å². The Morgan fingerprint density at radius 1 is 1.07 bits per heavy atom. The molecule has 0 N–H and O–H groups in total. The normalized spacial score (nSPS) is 14.9. The minimum Gasteiger partial charge on any atom is -0.496 e. The highest BCUT2D eigenvalue weighted by Gasteiger charge is 2.34. The highest BCUT2D eigenvalue weighted by atomic mass is 79.9. The fourth-order valence-electron chi connectivity index (χ4n) is 4.54. The fraction of sp³-hybridized carbons (Fsp3) is 0.194. The van der Waals surface area contributed by atoms with Crippen LogP contribution in [0.15, 0.2) is 98.3 Å². The van der Waals surface area contributed by atoms with Gasteiger partial charge in [-0.3, -0.25) is 9.36 Å². The molecule has 9 heteroatoms. The van der Waals surface area contributed by atoms with Gasteiger partial charge in [-0.15, -0.1) is 0 Å². The third kappa shape index (κ3) is 5.66. The molecule has 1 aliphatic rings. The Kier molecular flexibility index (Phi) is 8.32. The van der Waals surface area contributed by atoms with Crippen LogP contribution in [-0.4, -0.2) is 24.3 Å². The average molecular weight is 620 g/mol. The number of hydrogen-bond acceptors (Lipinski definition) is 7. The van der Waals surface area contributed by atoms with Gasteiger partial charge in [0, 0.05) is 10.0 Å². The van der Waals surface area contributed by atoms with Gasteiger partial charge in [-0.25, -0.2) is 9.79 Å². The van der Waals surface area contributed by atoms with Crippen molar-refractivity contribution in [3.05, 3.63) is 125 Å². The van der Waals surface area contributed by atoms with Gasteiger partial charge in [-0.05, 0) is 61.4 Å². The maximum absolute atomic E-state index is 13.8. The molecule has 1 atom stereocenters. The molecule has 40 heavy (non-hydrogen) atoms. The van der Waals surface area contributed by atoms with Crippen molar-refractivity contribution in [2.24, 2.45) is 4.99 Å². The smallest absolute Gasteiger partial charge is 0.338 e. The van der Waals surface area contributed by atoms with Gasteiger partial charge >= 0.3 is 5.97 Å². The summed E-state index contributed by atoms with van der Waals surface area (Å²) in [5.41, 5.74) is 3.17. The van der Waals surface area contributed by atoms with Crippen molar-refractivity contribution in [3.63, 3.8) is 0 Å². The van der Waals surface area contributed by atoms with Gasteiger partial charge in [0.25, 0.3) is 5.56 Å². The maximum atomic E-state index is 13.8. The minimum atomic E-state index is -0.733. The van der Waals surface area contributed by atoms with E-state index in [0.717, 1.165) is 21.3 Å². The largest absolute Gasteiger partial charge is 0.496 e. The number of thiazole rings is 1. The van der Waals surface area contributed by atoms with E-state index >= 15 is 0 Å². The Balaban J connectivity index is 1.51. The van der Waals surface area contributed by atoms with Crippen LogP contribution in [0.25, 0.3) is 6.08 Å². The lowest BCUT2D eigenvalue weighted by Gasteiger charge is -2.25. The monoisotopic (exact) mass is 618 g/mol. The van der Waals surface area contributed by atoms with E-state index in [4.69, 9.17) is 14.2 Å². The number of benzene rings is 3. The summed E-state index contributed by atoms with van der Waals surface area (Å²) in [6.45, 7) is 4.18. The van der Waals surface area contributed by atoms with Gasteiger partial charge in [-0.1, -0.05) is 69.7 Å². The Hall–Kier alpha value is -3.95. The van der Waals surface area contributed by atoms with E-state index in [-0.39, 0.29) is 12.2 Å². The van der Waals surface area contributed by atoms with E-state index in [2.05, 4.69) is 20.9 Å². The van der Waals surface area contributed by atoms with Crippen molar-refractivity contribution in [1.82, 2.24) is 4.57 Å². The lowest BCUT2D eigenvalue weighted by molar-refractivity contribution is -0.139. The number of aromatic nitrogens is 1. The molecule has 0 saturated carbocycles. The molecule has 7 nitrogen and oxygen atoms in total. The molecule has 0 fully saturated rings. The molecule has 3 aromatic carbocycles. The molecule has 0 aliphatic carbocycles. The first-order chi connectivity index (χ1) is 19.4. The zero-order valence-corrected chi connectivity index (χ0v) is 24.6. The van der Waals surface area contributed by atoms with Crippen molar-refractivity contribution in [3.8, 4) is 11.5 Å². The summed E-state index contributed by atoms with van der Waals surface area (Å²) in [7, 11) is 1.56. The molecule has 0 amide bonds. The van der Waals surface area contributed by atoms with E-state index in [9.17, 15) is 9.59 Å². The van der Waals surface area contributed by atoms with Gasteiger partial charge in [0.1, 0.15) is 24.1 Å². The Labute approximate surface area is 243 Å². The number of methoxy groups -OCH3 is 1. The SMILES string of the molecule is CCOC(=O)C1=C(C)N=c2sc(=Cc3ccc(OCc4ccc(Br)cc4)cc3)c(=O)n2C1c1ccccc1OC. The Morgan fingerprint density at radius 3 is 2.50 bits per heavy atom. The van der Waals surface area contributed by atoms with Crippen LogP contribution < -0.4 is 24.4 Å². The fourth-order valence-corrected chi connectivity index (χ4v) is 5.85. The van der Waals surface area contributed by atoms with Gasteiger partial charge < -0.3 is 14.2 Å². The summed E-state index contributed by atoms with van der Waals surface area (Å²) in [5, 5.41) is 0. The lowest BCUT2D eigenvalue weighted by Crippen LogP contribution is -2.40. The molecule has 0 bridgehead atoms. The second-order valence-electron chi connectivity index (χ2n) is 9.03.